The number of anilines is 2. The number of carbonyl (C=O) groups excluding carboxylic acids is 1. The van der Waals surface area contributed by atoms with Crippen LogP contribution in [0.3, 0.4) is 0 Å². The molecule has 0 saturated carbocycles. The van der Waals surface area contributed by atoms with Crippen molar-refractivity contribution in [3.05, 3.63) is 65.7 Å². The molecule has 0 aliphatic rings. The number of aromatic nitrogens is 4. The number of amides is 1. The van der Waals surface area contributed by atoms with Gasteiger partial charge in [0.2, 0.25) is 11.8 Å². The summed E-state index contributed by atoms with van der Waals surface area (Å²) in [6.45, 7) is 1.38. The molecular weight excluding hydrogens is 413 g/mol. The van der Waals surface area contributed by atoms with Crippen LogP contribution in [0.2, 0.25) is 0 Å². The van der Waals surface area contributed by atoms with E-state index in [1.165, 1.54) is 41.0 Å². The minimum Gasteiger partial charge on any atom is -0.411 e. The van der Waals surface area contributed by atoms with Crippen molar-refractivity contribution in [3.8, 4) is 11.5 Å². The van der Waals surface area contributed by atoms with Crippen molar-refractivity contribution in [1.82, 2.24) is 20.2 Å². The van der Waals surface area contributed by atoms with Crippen molar-refractivity contribution >= 4 is 39.8 Å². The standard InChI is InChI=1S/C19H14FN5O2S2/c1-12(26)25(16-5-3-2-4-15(16)20)18-22-14(10-28-18)11-29-19-24-23-17(27-19)13-6-8-21-9-7-13/h2-10H,11H2,1H3. The number of thioether (sulfide) groups is 1. The van der Waals surface area contributed by atoms with Gasteiger partial charge in [-0.2, -0.15) is 0 Å². The maximum Gasteiger partial charge on any atom is 0.277 e. The molecule has 3 aromatic heterocycles. The largest absolute Gasteiger partial charge is 0.411 e. The van der Waals surface area contributed by atoms with Gasteiger partial charge in [-0.15, -0.1) is 21.5 Å². The Balaban J connectivity index is 1.47. The van der Waals surface area contributed by atoms with Gasteiger partial charge < -0.3 is 4.42 Å². The van der Waals surface area contributed by atoms with Crippen LogP contribution in [0.15, 0.2) is 63.8 Å². The first-order valence-electron chi connectivity index (χ1n) is 8.48. The molecule has 0 fully saturated rings. The lowest BCUT2D eigenvalue weighted by atomic mass is 10.3. The Hall–Kier alpha value is -3.11. The smallest absolute Gasteiger partial charge is 0.277 e. The SMILES string of the molecule is CC(=O)N(c1nc(CSc2nnc(-c3ccncc3)o2)cs1)c1ccccc1F. The molecule has 0 aliphatic carbocycles. The fraction of sp³-hybridized carbons (Fsp3) is 0.105. The van der Waals surface area contributed by atoms with E-state index in [2.05, 4.69) is 20.2 Å². The third-order valence-corrected chi connectivity index (χ3v) is 5.54. The molecule has 4 rings (SSSR count). The van der Waals surface area contributed by atoms with E-state index in [4.69, 9.17) is 4.42 Å². The molecule has 0 atom stereocenters. The van der Waals surface area contributed by atoms with E-state index in [-0.39, 0.29) is 11.6 Å². The normalized spacial score (nSPS) is 10.8. The zero-order chi connectivity index (χ0) is 20.2. The number of carbonyl (C=O) groups is 1. The Labute approximate surface area is 173 Å². The zero-order valence-electron chi connectivity index (χ0n) is 15.2. The Morgan fingerprint density at radius 3 is 2.76 bits per heavy atom. The average molecular weight is 427 g/mol. The molecule has 10 heteroatoms. The summed E-state index contributed by atoms with van der Waals surface area (Å²) in [6.07, 6.45) is 3.30. The second kappa shape index (κ2) is 8.50. The van der Waals surface area contributed by atoms with Crippen molar-refractivity contribution in [2.24, 2.45) is 0 Å². The van der Waals surface area contributed by atoms with Gasteiger partial charge in [-0.3, -0.25) is 14.7 Å². The van der Waals surface area contributed by atoms with Crippen LogP contribution in [0.4, 0.5) is 15.2 Å². The molecule has 0 N–H and O–H groups in total. The summed E-state index contributed by atoms with van der Waals surface area (Å²) in [5.74, 6) is 0.0827. The van der Waals surface area contributed by atoms with E-state index in [0.29, 0.717) is 22.0 Å². The Morgan fingerprint density at radius 1 is 1.21 bits per heavy atom. The molecule has 29 heavy (non-hydrogen) atoms. The number of rotatable bonds is 6. The molecule has 7 nitrogen and oxygen atoms in total. The summed E-state index contributed by atoms with van der Waals surface area (Å²) >= 11 is 2.60. The van der Waals surface area contributed by atoms with Gasteiger partial charge >= 0.3 is 0 Å². The van der Waals surface area contributed by atoms with Crippen LogP contribution in [-0.2, 0) is 10.5 Å². The number of para-hydroxylation sites is 1. The highest BCUT2D eigenvalue weighted by molar-refractivity contribution is 7.98. The lowest BCUT2D eigenvalue weighted by Crippen LogP contribution is -2.23. The Bertz CT molecular complexity index is 1130. The zero-order valence-corrected chi connectivity index (χ0v) is 16.8. The molecule has 0 bridgehead atoms. The van der Waals surface area contributed by atoms with Crippen molar-refractivity contribution in [3.63, 3.8) is 0 Å². The van der Waals surface area contributed by atoms with Crippen LogP contribution >= 0.6 is 23.1 Å². The fourth-order valence-electron chi connectivity index (χ4n) is 2.52. The molecule has 0 radical (unpaired) electrons. The first kappa shape index (κ1) is 19.2. The molecular formula is C19H14FN5O2S2. The summed E-state index contributed by atoms with van der Waals surface area (Å²) in [5.41, 5.74) is 1.69. The first-order valence-corrected chi connectivity index (χ1v) is 10.3. The highest BCUT2D eigenvalue weighted by atomic mass is 32.2. The van der Waals surface area contributed by atoms with E-state index in [0.717, 1.165) is 11.3 Å². The molecule has 0 saturated heterocycles. The van der Waals surface area contributed by atoms with Gasteiger partial charge in [0.15, 0.2) is 5.13 Å². The molecule has 3 heterocycles. The molecule has 0 unspecified atom stereocenters. The Morgan fingerprint density at radius 2 is 2.00 bits per heavy atom. The van der Waals surface area contributed by atoms with Crippen LogP contribution in [0.5, 0.6) is 0 Å². The second-order valence-electron chi connectivity index (χ2n) is 5.82. The van der Waals surface area contributed by atoms with Gasteiger partial charge in [0.1, 0.15) is 5.82 Å². The average Bonchev–Trinajstić information content (AvgIpc) is 3.38. The summed E-state index contributed by atoms with van der Waals surface area (Å²) in [4.78, 5) is 21.8. The van der Waals surface area contributed by atoms with Crippen molar-refractivity contribution in [1.29, 1.82) is 0 Å². The summed E-state index contributed by atoms with van der Waals surface area (Å²) in [6, 6.07) is 9.68. The second-order valence-corrected chi connectivity index (χ2v) is 7.59. The van der Waals surface area contributed by atoms with Gasteiger partial charge in [-0.05, 0) is 24.3 Å². The van der Waals surface area contributed by atoms with Crippen LogP contribution in [0.25, 0.3) is 11.5 Å². The predicted octanol–water partition coefficient (Wildman–Crippen LogP) is 4.70. The van der Waals surface area contributed by atoms with E-state index < -0.39 is 5.82 Å². The van der Waals surface area contributed by atoms with E-state index >= 15 is 0 Å². The van der Waals surface area contributed by atoms with Gasteiger partial charge in [-0.1, -0.05) is 23.9 Å². The number of pyridine rings is 1. The topological polar surface area (TPSA) is 85.0 Å². The monoisotopic (exact) mass is 427 g/mol. The van der Waals surface area contributed by atoms with Crippen molar-refractivity contribution in [2.45, 2.75) is 17.9 Å². The minimum absolute atomic E-state index is 0.174. The van der Waals surface area contributed by atoms with Crippen LogP contribution in [0, 0.1) is 5.82 Å². The van der Waals surface area contributed by atoms with Crippen LogP contribution in [0.1, 0.15) is 12.6 Å². The Kier molecular flexibility index (Phi) is 5.63. The lowest BCUT2D eigenvalue weighted by molar-refractivity contribution is -0.115. The van der Waals surface area contributed by atoms with E-state index in [1.54, 1.807) is 42.7 Å². The summed E-state index contributed by atoms with van der Waals surface area (Å²) < 4.78 is 19.8. The summed E-state index contributed by atoms with van der Waals surface area (Å²) in [5, 5.41) is 10.7. The van der Waals surface area contributed by atoms with Crippen LogP contribution in [-0.4, -0.2) is 26.1 Å². The quantitative estimate of drug-likeness (QED) is 0.412. The van der Waals surface area contributed by atoms with Crippen LogP contribution < -0.4 is 4.90 Å². The van der Waals surface area contributed by atoms with Crippen molar-refractivity contribution in [2.75, 3.05) is 4.90 Å². The molecule has 1 amide bonds. The number of thiazole rings is 1. The van der Waals surface area contributed by atoms with E-state index in [1.807, 2.05) is 5.38 Å². The third kappa shape index (κ3) is 4.33. The molecule has 0 aliphatic heterocycles. The highest BCUT2D eigenvalue weighted by Gasteiger charge is 2.21. The lowest BCUT2D eigenvalue weighted by Gasteiger charge is -2.18. The molecule has 4 aromatic rings. The summed E-state index contributed by atoms with van der Waals surface area (Å²) in [7, 11) is 0. The predicted molar refractivity (Wildman–Crippen MR) is 108 cm³/mol. The number of hydrogen-bond acceptors (Lipinski definition) is 8. The first-order chi connectivity index (χ1) is 14.1. The third-order valence-electron chi connectivity index (χ3n) is 3.82. The molecule has 146 valence electrons. The number of halogens is 1. The maximum absolute atomic E-state index is 14.2. The van der Waals surface area contributed by atoms with Gasteiger partial charge in [0.05, 0.1) is 11.4 Å². The van der Waals surface area contributed by atoms with Gasteiger partial charge in [0.25, 0.3) is 5.22 Å². The molecule has 0 spiro atoms. The number of nitrogens with zero attached hydrogens (tertiary/aromatic N) is 5. The maximum atomic E-state index is 14.2. The molecule has 1 aromatic carbocycles. The van der Waals surface area contributed by atoms with Gasteiger partial charge in [0, 0.05) is 36.0 Å². The number of hydrogen-bond donors (Lipinski definition) is 0. The van der Waals surface area contributed by atoms with E-state index in [9.17, 15) is 9.18 Å². The van der Waals surface area contributed by atoms with Crippen molar-refractivity contribution < 1.29 is 13.6 Å². The highest BCUT2D eigenvalue weighted by Crippen LogP contribution is 2.32. The number of benzene rings is 1. The minimum atomic E-state index is -0.483. The fourth-order valence-corrected chi connectivity index (χ4v) is 4.16. The van der Waals surface area contributed by atoms with Gasteiger partial charge in [-0.25, -0.2) is 9.37 Å².